The summed E-state index contributed by atoms with van der Waals surface area (Å²) in [5.41, 5.74) is 0. The fourth-order valence-corrected chi connectivity index (χ4v) is 3.45. The number of hydrogen-bond donors (Lipinski definition) is 1. The Hall–Kier alpha value is 0.0600. The summed E-state index contributed by atoms with van der Waals surface area (Å²) in [7, 11) is -7.02. The first-order chi connectivity index (χ1) is 7.33. The Kier molecular flexibility index (Phi) is 7.43. The van der Waals surface area contributed by atoms with Crippen molar-refractivity contribution in [3.05, 3.63) is 0 Å². The Morgan fingerprint density at radius 2 is 1.62 bits per heavy atom. The molecule has 1 N–H and O–H groups in total. The standard InChI is InChI=1S/C8H19O6PS/c1-3-13-15(9,14-4-2)7-5-6-8-16(10,11)12/h3-8H2,1-2H3,(H,10,11,12). The normalized spacial score (nSPS) is 12.9. The average molecular weight is 274 g/mol. The Labute approximate surface area is 96.6 Å². The molecule has 0 fully saturated rings. The van der Waals surface area contributed by atoms with E-state index in [1.54, 1.807) is 13.8 Å². The van der Waals surface area contributed by atoms with Crippen LogP contribution in [0.1, 0.15) is 26.7 Å². The number of unbranched alkanes of at least 4 members (excludes halogenated alkanes) is 1. The van der Waals surface area contributed by atoms with E-state index in [9.17, 15) is 13.0 Å². The van der Waals surface area contributed by atoms with E-state index in [0.717, 1.165) is 0 Å². The van der Waals surface area contributed by atoms with Crippen LogP contribution in [0, 0.1) is 0 Å². The molecule has 98 valence electrons. The Morgan fingerprint density at radius 1 is 1.12 bits per heavy atom. The Bertz CT molecular complexity index is 315. The molecule has 0 atom stereocenters. The van der Waals surface area contributed by atoms with E-state index in [2.05, 4.69) is 0 Å². The molecule has 0 amide bonds. The first kappa shape index (κ1) is 16.1. The first-order valence-corrected chi connectivity index (χ1v) is 8.50. The largest absolute Gasteiger partial charge is 0.330 e. The zero-order valence-electron chi connectivity index (χ0n) is 9.59. The highest BCUT2D eigenvalue weighted by atomic mass is 32.2. The summed E-state index contributed by atoms with van der Waals surface area (Å²) in [6, 6.07) is 0. The number of rotatable bonds is 9. The molecule has 0 aromatic carbocycles. The molecule has 0 spiro atoms. The Balaban J connectivity index is 3.99. The SMILES string of the molecule is CCOP(=O)(CCCCS(=O)(=O)O)OCC. The zero-order chi connectivity index (χ0) is 12.7. The van der Waals surface area contributed by atoms with Gasteiger partial charge in [0, 0.05) is 0 Å². The van der Waals surface area contributed by atoms with Crippen molar-refractivity contribution < 1.29 is 26.6 Å². The fourth-order valence-electron chi connectivity index (χ4n) is 1.15. The summed E-state index contributed by atoms with van der Waals surface area (Å²) in [5, 5.41) is 0. The molecule has 0 aliphatic carbocycles. The second kappa shape index (κ2) is 7.40. The molecule has 0 aliphatic rings. The second-order valence-corrected chi connectivity index (χ2v) is 6.92. The summed E-state index contributed by atoms with van der Waals surface area (Å²) in [6.45, 7) is 4.00. The quantitative estimate of drug-likeness (QED) is 0.392. The first-order valence-electron chi connectivity index (χ1n) is 5.16. The van der Waals surface area contributed by atoms with Gasteiger partial charge in [-0.15, -0.1) is 0 Å². The van der Waals surface area contributed by atoms with Gasteiger partial charge in [-0.25, -0.2) is 0 Å². The van der Waals surface area contributed by atoms with Gasteiger partial charge in [-0.2, -0.15) is 8.42 Å². The molecule has 6 nitrogen and oxygen atoms in total. The minimum atomic E-state index is -3.94. The molecular formula is C8H19O6PS. The molecule has 0 radical (unpaired) electrons. The maximum Gasteiger partial charge on any atom is 0.330 e. The lowest BCUT2D eigenvalue weighted by atomic mass is 10.4. The third-order valence-electron chi connectivity index (χ3n) is 1.74. The van der Waals surface area contributed by atoms with Crippen LogP contribution in [0.2, 0.25) is 0 Å². The van der Waals surface area contributed by atoms with Crippen molar-refractivity contribution in [3.8, 4) is 0 Å². The lowest BCUT2D eigenvalue weighted by Crippen LogP contribution is -2.06. The lowest BCUT2D eigenvalue weighted by molar-refractivity contribution is 0.219. The molecule has 0 saturated carbocycles. The molecule has 0 bridgehead atoms. The van der Waals surface area contributed by atoms with Gasteiger partial charge in [-0.1, -0.05) is 0 Å². The molecule has 0 unspecified atom stereocenters. The summed E-state index contributed by atoms with van der Waals surface area (Å²) in [5.74, 6) is -0.328. The minimum Gasteiger partial charge on any atom is -0.309 e. The van der Waals surface area contributed by atoms with Gasteiger partial charge < -0.3 is 9.05 Å². The lowest BCUT2D eigenvalue weighted by Gasteiger charge is -2.16. The van der Waals surface area contributed by atoms with Crippen LogP contribution in [0.3, 0.4) is 0 Å². The van der Waals surface area contributed by atoms with Crippen molar-refractivity contribution >= 4 is 17.7 Å². The van der Waals surface area contributed by atoms with Gasteiger partial charge >= 0.3 is 7.60 Å². The molecular weight excluding hydrogens is 255 g/mol. The molecule has 8 heteroatoms. The molecule has 16 heavy (non-hydrogen) atoms. The maximum atomic E-state index is 11.9. The van der Waals surface area contributed by atoms with Crippen LogP contribution in [-0.2, 0) is 23.7 Å². The second-order valence-electron chi connectivity index (χ2n) is 3.16. The zero-order valence-corrected chi connectivity index (χ0v) is 11.3. The van der Waals surface area contributed by atoms with Crippen LogP contribution in [0.4, 0.5) is 0 Å². The van der Waals surface area contributed by atoms with E-state index in [-0.39, 0.29) is 31.5 Å². The molecule has 0 rings (SSSR count). The van der Waals surface area contributed by atoms with Crippen LogP contribution < -0.4 is 0 Å². The molecule has 0 aromatic heterocycles. The van der Waals surface area contributed by atoms with Crippen molar-refractivity contribution in [2.24, 2.45) is 0 Å². The molecule has 0 saturated heterocycles. The van der Waals surface area contributed by atoms with Crippen molar-refractivity contribution in [3.63, 3.8) is 0 Å². The van der Waals surface area contributed by atoms with Gasteiger partial charge in [0.05, 0.1) is 25.1 Å². The van der Waals surface area contributed by atoms with E-state index in [4.69, 9.17) is 13.6 Å². The molecule has 0 heterocycles. The fraction of sp³-hybridized carbons (Fsp3) is 1.00. The van der Waals surface area contributed by atoms with Gasteiger partial charge in [0.25, 0.3) is 10.1 Å². The average Bonchev–Trinajstić information content (AvgIpc) is 2.12. The topological polar surface area (TPSA) is 89.9 Å². The van der Waals surface area contributed by atoms with Crippen LogP contribution in [0.15, 0.2) is 0 Å². The minimum absolute atomic E-state index is 0.171. The number of hydrogen-bond acceptors (Lipinski definition) is 5. The van der Waals surface area contributed by atoms with Crippen molar-refractivity contribution in [2.75, 3.05) is 25.1 Å². The van der Waals surface area contributed by atoms with Gasteiger partial charge in [-0.3, -0.25) is 9.12 Å². The molecule has 0 aromatic rings. The van der Waals surface area contributed by atoms with E-state index < -0.39 is 17.7 Å². The van der Waals surface area contributed by atoms with E-state index in [1.807, 2.05) is 0 Å². The van der Waals surface area contributed by atoms with Gasteiger partial charge in [0.2, 0.25) is 0 Å². The van der Waals surface area contributed by atoms with Gasteiger partial charge in [-0.05, 0) is 26.7 Å². The highest BCUT2D eigenvalue weighted by Crippen LogP contribution is 2.48. The predicted molar refractivity (Wildman–Crippen MR) is 61.4 cm³/mol. The monoisotopic (exact) mass is 274 g/mol. The predicted octanol–water partition coefficient (Wildman–Crippen LogP) is 1.92. The van der Waals surface area contributed by atoms with Crippen LogP contribution in [-0.4, -0.2) is 38.1 Å². The van der Waals surface area contributed by atoms with Crippen molar-refractivity contribution in [2.45, 2.75) is 26.7 Å². The van der Waals surface area contributed by atoms with Crippen molar-refractivity contribution in [1.29, 1.82) is 0 Å². The van der Waals surface area contributed by atoms with Crippen LogP contribution in [0.5, 0.6) is 0 Å². The maximum absolute atomic E-state index is 11.9. The Morgan fingerprint density at radius 3 is 2.00 bits per heavy atom. The third kappa shape index (κ3) is 8.24. The van der Waals surface area contributed by atoms with Crippen LogP contribution >= 0.6 is 7.60 Å². The van der Waals surface area contributed by atoms with Gasteiger partial charge in [0.15, 0.2) is 0 Å². The summed E-state index contributed by atoms with van der Waals surface area (Å²) in [6.07, 6.45) is 0.782. The highest BCUT2D eigenvalue weighted by Gasteiger charge is 2.22. The smallest absolute Gasteiger partial charge is 0.309 e. The molecule has 0 aliphatic heterocycles. The summed E-state index contributed by atoms with van der Waals surface area (Å²) in [4.78, 5) is 0. The summed E-state index contributed by atoms with van der Waals surface area (Å²) >= 11 is 0. The van der Waals surface area contributed by atoms with E-state index >= 15 is 0 Å². The van der Waals surface area contributed by atoms with Gasteiger partial charge in [0.1, 0.15) is 0 Å². The van der Waals surface area contributed by atoms with E-state index in [1.165, 1.54) is 0 Å². The summed E-state index contributed by atoms with van der Waals surface area (Å²) < 4.78 is 51.3. The van der Waals surface area contributed by atoms with E-state index in [0.29, 0.717) is 6.42 Å². The van der Waals surface area contributed by atoms with Crippen molar-refractivity contribution in [1.82, 2.24) is 0 Å². The third-order valence-corrected chi connectivity index (χ3v) is 4.71. The highest BCUT2D eigenvalue weighted by molar-refractivity contribution is 7.85. The van der Waals surface area contributed by atoms with Crippen LogP contribution in [0.25, 0.3) is 0 Å².